The van der Waals surface area contributed by atoms with Crippen LogP contribution in [0.15, 0.2) is 48.5 Å². The molecule has 6 nitrogen and oxygen atoms in total. The van der Waals surface area contributed by atoms with Gasteiger partial charge in [-0.1, -0.05) is 25.1 Å². The maximum Gasteiger partial charge on any atom is 0.229 e. The summed E-state index contributed by atoms with van der Waals surface area (Å²) in [5, 5.41) is 6.63. The number of hydrogen-bond donors (Lipinski definition) is 2. The van der Waals surface area contributed by atoms with Crippen molar-refractivity contribution in [2.75, 3.05) is 17.2 Å². The summed E-state index contributed by atoms with van der Waals surface area (Å²) in [5.41, 5.74) is 4.27. The maximum atomic E-state index is 12.8. The summed E-state index contributed by atoms with van der Waals surface area (Å²) in [6, 6.07) is 15.6. The molecule has 1 aromatic heterocycles. The third-order valence-corrected chi connectivity index (χ3v) is 5.16. The van der Waals surface area contributed by atoms with Gasteiger partial charge >= 0.3 is 0 Å². The Kier molecular flexibility index (Phi) is 5.65. The number of ether oxygens (including phenoxy) is 1. The maximum absolute atomic E-state index is 12.8. The van der Waals surface area contributed by atoms with Gasteiger partial charge in [0.1, 0.15) is 11.6 Å². The van der Waals surface area contributed by atoms with Crippen molar-refractivity contribution in [1.29, 1.82) is 0 Å². The summed E-state index contributed by atoms with van der Waals surface area (Å²) in [7, 11) is 0. The zero-order chi connectivity index (χ0) is 21.1. The predicted molar refractivity (Wildman–Crippen MR) is 119 cm³/mol. The SMILES string of the molecule is CCOc1ccc(Nc2nc3c(c(Nc4ccccc4C)n2)C(=O)CC(C)C3)cc1. The highest BCUT2D eigenvalue weighted by Crippen LogP contribution is 2.32. The minimum Gasteiger partial charge on any atom is -0.494 e. The molecule has 0 saturated heterocycles. The molecule has 1 atom stereocenters. The number of nitrogens with one attached hydrogen (secondary N) is 2. The van der Waals surface area contributed by atoms with Gasteiger partial charge in [-0.3, -0.25) is 4.79 Å². The van der Waals surface area contributed by atoms with Crippen LogP contribution in [0.5, 0.6) is 5.75 Å². The van der Waals surface area contributed by atoms with Crippen LogP contribution in [0, 0.1) is 12.8 Å². The number of para-hydroxylation sites is 1. The number of carbonyl (C=O) groups is 1. The highest BCUT2D eigenvalue weighted by atomic mass is 16.5. The highest BCUT2D eigenvalue weighted by molar-refractivity contribution is 6.03. The van der Waals surface area contributed by atoms with E-state index < -0.39 is 0 Å². The molecule has 0 aliphatic heterocycles. The van der Waals surface area contributed by atoms with Gasteiger partial charge in [0.25, 0.3) is 0 Å². The Balaban J connectivity index is 1.70. The van der Waals surface area contributed by atoms with E-state index in [-0.39, 0.29) is 11.7 Å². The van der Waals surface area contributed by atoms with Gasteiger partial charge in [0, 0.05) is 17.8 Å². The third kappa shape index (κ3) is 4.27. The summed E-state index contributed by atoms with van der Waals surface area (Å²) in [6.45, 7) is 6.69. The lowest BCUT2D eigenvalue weighted by Gasteiger charge is -2.23. The quantitative estimate of drug-likeness (QED) is 0.572. The molecular weight excluding hydrogens is 376 g/mol. The Morgan fingerprint density at radius 1 is 1.03 bits per heavy atom. The van der Waals surface area contributed by atoms with Crippen LogP contribution in [0.4, 0.5) is 23.1 Å². The molecule has 30 heavy (non-hydrogen) atoms. The Bertz CT molecular complexity index is 1060. The second-order valence-corrected chi connectivity index (χ2v) is 7.68. The van der Waals surface area contributed by atoms with E-state index in [1.165, 1.54) is 0 Å². The van der Waals surface area contributed by atoms with Crippen LogP contribution in [0.3, 0.4) is 0 Å². The molecule has 1 heterocycles. The van der Waals surface area contributed by atoms with Crippen molar-refractivity contribution in [1.82, 2.24) is 9.97 Å². The number of anilines is 4. The lowest BCUT2D eigenvalue weighted by molar-refractivity contribution is 0.0952. The molecule has 2 N–H and O–H groups in total. The van der Waals surface area contributed by atoms with E-state index in [0.29, 0.717) is 30.4 Å². The molecule has 1 aliphatic carbocycles. The standard InChI is InChI=1S/C24H26N4O2/c1-4-30-18-11-9-17(10-12-18)25-24-27-20-13-15(2)14-21(29)22(20)23(28-24)26-19-8-6-5-7-16(19)3/h5-12,15H,4,13-14H2,1-3H3,(H2,25,26,27,28). The minimum atomic E-state index is 0.0902. The van der Waals surface area contributed by atoms with Gasteiger partial charge in [-0.2, -0.15) is 4.98 Å². The van der Waals surface area contributed by atoms with Gasteiger partial charge in [0.05, 0.1) is 17.9 Å². The third-order valence-electron chi connectivity index (χ3n) is 5.16. The van der Waals surface area contributed by atoms with Gasteiger partial charge in [-0.05, 0) is 62.1 Å². The van der Waals surface area contributed by atoms with E-state index in [0.717, 1.165) is 34.8 Å². The lowest BCUT2D eigenvalue weighted by Crippen LogP contribution is -2.22. The lowest BCUT2D eigenvalue weighted by atomic mass is 9.87. The van der Waals surface area contributed by atoms with Crippen LogP contribution >= 0.6 is 0 Å². The first-order valence-electron chi connectivity index (χ1n) is 10.3. The molecule has 0 spiro atoms. The Morgan fingerprint density at radius 2 is 1.80 bits per heavy atom. The van der Waals surface area contributed by atoms with Gasteiger partial charge in [0.15, 0.2) is 5.78 Å². The Labute approximate surface area is 176 Å². The Morgan fingerprint density at radius 3 is 2.53 bits per heavy atom. The van der Waals surface area contributed by atoms with Crippen molar-refractivity contribution in [2.45, 2.75) is 33.6 Å². The molecule has 3 aromatic rings. The fraction of sp³-hybridized carbons (Fsp3) is 0.292. The van der Waals surface area contributed by atoms with E-state index in [2.05, 4.69) is 27.5 Å². The normalized spacial score (nSPS) is 15.4. The number of carbonyl (C=O) groups excluding carboxylic acids is 1. The molecule has 6 heteroatoms. The van der Waals surface area contributed by atoms with Crippen molar-refractivity contribution >= 4 is 28.9 Å². The summed E-state index contributed by atoms with van der Waals surface area (Å²) in [6.07, 6.45) is 1.27. The fourth-order valence-electron chi connectivity index (χ4n) is 3.69. The zero-order valence-corrected chi connectivity index (χ0v) is 17.5. The van der Waals surface area contributed by atoms with E-state index in [1.54, 1.807) is 0 Å². The molecule has 154 valence electrons. The summed E-state index contributed by atoms with van der Waals surface area (Å²) < 4.78 is 5.50. The second kappa shape index (κ2) is 8.53. The number of aromatic nitrogens is 2. The molecule has 0 bridgehead atoms. The smallest absolute Gasteiger partial charge is 0.229 e. The summed E-state index contributed by atoms with van der Waals surface area (Å²) in [5.74, 6) is 2.20. The molecule has 0 amide bonds. The van der Waals surface area contributed by atoms with Gasteiger partial charge < -0.3 is 15.4 Å². The van der Waals surface area contributed by atoms with Crippen LogP contribution < -0.4 is 15.4 Å². The number of hydrogen-bond acceptors (Lipinski definition) is 6. The van der Waals surface area contributed by atoms with Gasteiger partial charge in [-0.25, -0.2) is 4.98 Å². The first-order valence-corrected chi connectivity index (χ1v) is 10.3. The minimum absolute atomic E-state index is 0.0902. The molecule has 0 fully saturated rings. The largest absolute Gasteiger partial charge is 0.494 e. The number of fused-ring (bicyclic) bond motifs is 1. The number of aryl methyl sites for hydroxylation is 1. The predicted octanol–water partition coefficient (Wildman–Crippen LogP) is 5.44. The second-order valence-electron chi connectivity index (χ2n) is 7.68. The van der Waals surface area contributed by atoms with Crippen molar-refractivity contribution in [3.63, 3.8) is 0 Å². The topological polar surface area (TPSA) is 76.1 Å². The average Bonchev–Trinajstić information content (AvgIpc) is 2.71. The van der Waals surface area contributed by atoms with E-state index in [1.807, 2.05) is 62.4 Å². The zero-order valence-electron chi connectivity index (χ0n) is 17.5. The molecule has 0 radical (unpaired) electrons. The van der Waals surface area contributed by atoms with Crippen LogP contribution in [-0.4, -0.2) is 22.4 Å². The van der Waals surface area contributed by atoms with Crippen molar-refractivity contribution < 1.29 is 9.53 Å². The molecular formula is C24H26N4O2. The number of ketones is 1. The van der Waals surface area contributed by atoms with Crippen molar-refractivity contribution in [2.24, 2.45) is 5.92 Å². The van der Waals surface area contributed by atoms with E-state index >= 15 is 0 Å². The van der Waals surface area contributed by atoms with Gasteiger partial charge in [-0.15, -0.1) is 0 Å². The van der Waals surface area contributed by atoms with Crippen LogP contribution in [-0.2, 0) is 6.42 Å². The van der Waals surface area contributed by atoms with Crippen molar-refractivity contribution in [3.05, 3.63) is 65.4 Å². The summed E-state index contributed by atoms with van der Waals surface area (Å²) >= 11 is 0. The molecule has 1 unspecified atom stereocenters. The van der Waals surface area contributed by atoms with Crippen LogP contribution in [0.2, 0.25) is 0 Å². The van der Waals surface area contributed by atoms with Crippen LogP contribution in [0.25, 0.3) is 0 Å². The van der Waals surface area contributed by atoms with E-state index in [9.17, 15) is 4.79 Å². The number of benzene rings is 2. The van der Waals surface area contributed by atoms with Crippen molar-refractivity contribution in [3.8, 4) is 5.75 Å². The molecule has 1 aliphatic rings. The monoisotopic (exact) mass is 402 g/mol. The number of Topliss-reactive ketones (excluding diaryl/α,β-unsaturated/α-hetero) is 1. The van der Waals surface area contributed by atoms with Crippen LogP contribution in [0.1, 0.15) is 41.9 Å². The first-order chi connectivity index (χ1) is 14.5. The number of nitrogens with zero attached hydrogens (tertiary/aromatic N) is 2. The molecule has 0 saturated carbocycles. The van der Waals surface area contributed by atoms with Gasteiger partial charge in [0.2, 0.25) is 5.95 Å². The molecule has 2 aromatic carbocycles. The summed E-state index contributed by atoms with van der Waals surface area (Å²) in [4.78, 5) is 22.2. The number of rotatable bonds is 6. The molecule has 4 rings (SSSR count). The average molecular weight is 402 g/mol. The first kappa shape index (κ1) is 19.9. The fourth-order valence-corrected chi connectivity index (χ4v) is 3.69. The highest BCUT2D eigenvalue weighted by Gasteiger charge is 2.28. The Hall–Kier alpha value is -3.41. The van der Waals surface area contributed by atoms with E-state index in [4.69, 9.17) is 4.74 Å².